The first kappa shape index (κ1) is 20.0. The number of furan rings is 1. The first-order valence-corrected chi connectivity index (χ1v) is 11.9. The van der Waals surface area contributed by atoms with Crippen LogP contribution in [0.5, 0.6) is 0 Å². The standard InChI is InChI=1S/C23H16BrN3O2S2/c1-12(28)21-20(25)19(23(31-21)26-15-5-3-2-4-6-15)22-27-16(11-30-22)18-10-13-9-14(24)7-8-17(13)29-18/h2-11,26H,25H2,1H3. The minimum atomic E-state index is -0.0653. The molecule has 0 amide bonds. The highest BCUT2D eigenvalue weighted by molar-refractivity contribution is 9.10. The molecule has 0 spiro atoms. The minimum Gasteiger partial charge on any atom is -0.454 e. The number of carbonyl (C=O) groups is 1. The number of nitrogens with one attached hydrogen (secondary N) is 1. The molecule has 0 saturated heterocycles. The van der Waals surface area contributed by atoms with E-state index in [9.17, 15) is 4.79 Å². The Bertz CT molecular complexity index is 1420. The molecule has 2 aromatic carbocycles. The summed E-state index contributed by atoms with van der Waals surface area (Å²) in [7, 11) is 0. The van der Waals surface area contributed by atoms with E-state index in [0.717, 1.165) is 42.4 Å². The molecule has 0 atom stereocenters. The van der Waals surface area contributed by atoms with Crippen molar-refractivity contribution in [3.05, 3.63) is 69.3 Å². The number of thiophene rings is 1. The molecule has 0 bridgehead atoms. The van der Waals surface area contributed by atoms with Crippen LogP contribution in [0, 0.1) is 0 Å². The molecule has 3 aromatic heterocycles. The number of benzene rings is 2. The number of carbonyl (C=O) groups excluding carboxylic acids is 1. The van der Waals surface area contributed by atoms with Crippen LogP contribution in [-0.2, 0) is 0 Å². The van der Waals surface area contributed by atoms with Gasteiger partial charge in [-0.05, 0) is 36.4 Å². The Balaban J connectivity index is 1.58. The summed E-state index contributed by atoms with van der Waals surface area (Å²) in [5, 5.41) is 7.86. The summed E-state index contributed by atoms with van der Waals surface area (Å²) in [6.45, 7) is 1.53. The molecule has 5 rings (SSSR count). The zero-order valence-electron chi connectivity index (χ0n) is 16.3. The van der Waals surface area contributed by atoms with E-state index in [2.05, 4.69) is 21.2 Å². The van der Waals surface area contributed by atoms with Gasteiger partial charge < -0.3 is 15.5 Å². The third-order valence-electron chi connectivity index (χ3n) is 4.75. The van der Waals surface area contributed by atoms with Crippen molar-refractivity contribution < 1.29 is 9.21 Å². The third kappa shape index (κ3) is 3.78. The van der Waals surface area contributed by atoms with Gasteiger partial charge in [-0.15, -0.1) is 22.7 Å². The van der Waals surface area contributed by atoms with E-state index in [1.807, 2.05) is 60.0 Å². The molecule has 5 nitrogen and oxygen atoms in total. The fourth-order valence-corrected chi connectivity index (χ4v) is 5.65. The van der Waals surface area contributed by atoms with Gasteiger partial charge in [-0.1, -0.05) is 34.1 Å². The molecular weight excluding hydrogens is 494 g/mol. The van der Waals surface area contributed by atoms with E-state index in [1.165, 1.54) is 29.6 Å². The first-order valence-electron chi connectivity index (χ1n) is 9.40. The highest BCUT2D eigenvalue weighted by atomic mass is 79.9. The normalized spacial score (nSPS) is 11.2. The summed E-state index contributed by atoms with van der Waals surface area (Å²) in [6.07, 6.45) is 0. The Kier molecular flexibility index (Phi) is 5.13. The van der Waals surface area contributed by atoms with Gasteiger partial charge in [0.05, 0.1) is 16.1 Å². The number of hydrogen-bond donors (Lipinski definition) is 2. The number of halogens is 1. The van der Waals surface area contributed by atoms with E-state index >= 15 is 0 Å². The first-order chi connectivity index (χ1) is 15.0. The fourth-order valence-electron chi connectivity index (χ4n) is 3.30. The molecule has 0 aliphatic carbocycles. The molecule has 0 radical (unpaired) electrons. The number of nitrogens with two attached hydrogens (primary N) is 1. The molecule has 0 saturated carbocycles. The van der Waals surface area contributed by atoms with Gasteiger partial charge >= 0.3 is 0 Å². The van der Waals surface area contributed by atoms with E-state index in [-0.39, 0.29) is 5.78 Å². The Morgan fingerprint density at radius 3 is 2.74 bits per heavy atom. The maximum absolute atomic E-state index is 12.1. The molecule has 3 N–H and O–H groups in total. The summed E-state index contributed by atoms with van der Waals surface area (Å²) in [5.41, 5.74) is 10.0. The number of thiazole rings is 1. The van der Waals surface area contributed by atoms with Crippen molar-refractivity contribution in [3.63, 3.8) is 0 Å². The predicted octanol–water partition coefficient (Wildman–Crippen LogP) is 7.58. The Morgan fingerprint density at radius 2 is 1.97 bits per heavy atom. The van der Waals surface area contributed by atoms with Crippen LogP contribution in [0.4, 0.5) is 16.4 Å². The van der Waals surface area contributed by atoms with Crippen LogP contribution in [0.1, 0.15) is 16.6 Å². The van der Waals surface area contributed by atoms with E-state index in [4.69, 9.17) is 15.1 Å². The van der Waals surface area contributed by atoms with E-state index in [0.29, 0.717) is 16.3 Å². The van der Waals surface area contributed by atoms with Crippen molar-refractivity contribution in [2.24, 2.45) is 0 Å². The van der Waals surface area contributed by atoms with Crippen LogP contribution in [0.25, 0.3) is 33.0 Å². The van der Waals surface area contributed by atoms with Crippen molar-refractivity contribution in [1.82, 2.24) is 4.98 Å². The zero-order chi connectivity index (χ0) is 21.5. The molecule has 3 heterocycles. The molecule has 0 aliphatic rings. The van der Waals surface area contributed by atoms with Crippen LogP contribution in [0.2, 0.25) is 0 Å². The second-order valence-electron chi connectivity index (χ2n) is 6.93. The Labute approximate surface area is 194 Å². The number of nitrogens with zero attached hydrogens (tertiary/aromatic N) is 1. The molecule has 0 fully saturated rings. The van der Waals surface area contributed by atoms with E-state index in [1.54, 1.807) is 0 Å². The van der Waals surface area contributed by atoms with Gasteiger partial charge in [0.1, 0.15) is 21.3 Å². The Morgan fingerprint density at radius 1 is 1.16 bits per heavy atom. The average molecular weight is 510 g/mol. The fraction of sp³-hybridized carbons (Fsp3) is 0.0435. The van der Waals surface area contributed by atoms with E-state index < -0.39 is 0 Å². The maximum atomic E-state index is 12.1. The molecule has 154 valence electrons. The van der Waals surface area contributed by atoms with Gasteiger partial charge in [-0.2, -0.15) is 0 Å². The smallest absolute Gasteiger partial charge is 0.171 e. The van der Waals surface area contributed by atoms with Crippen molar-refractivity contribution in [3.8, 4) is 22.0 Å². The second kappa shape index (κ2) is 7.96. The van der Waals surface area contributed by atoms with Crippen LogP contribution in [0.3, 0.4) is 0 Å². The molecule has 5 aromatic rings. The summed E-state index contributed by atoms with van der Waals surface area (Å²) in [6, 6.07) is 17.6. The summed E-state index contributed by atoms with van der Waals surface area (Å²) < 4.78 is 6.97. The van der Waals surface area contributed by atoms with Gasteiger partial charge in [0.15, 0.2) is 11.5 Å². The van der Waals surface area contributed by atoms with Crippen molar-refractivity contribution in [2.45, 2.75) is 6.92 Å². The lowest BCUT2D eigenvalue weighted by Gasteiger charge is -2.06. The van der Waals surface area contributed by atoms with Crippen LogP contribution in [-0.4, -0.2) is 10.8 Å². The average Bonchev–Trinajstić information content (AvgIpc) is 3.45. The summed E-state index contributed by atoms with van der Waals surface area (Å²) in [4.78, 5) is 17.5. The molecule has 0 unspecified atom stereocenters. The number of anilines is 3. The van der Waals surface area contributed by atoms with Crippen LogP contribution in [0.15, 0.2) is 68.9 Å². The number of Topliss-reactive ketones (excluding diaryl/α,β-unsaturated/α-hetero) is 1. The Hall–Kier alpha value is -2.94. The number of aromatic nitrogens is 1. The monoisotopic (exact) mass is 509 g/mol. The van der Waals surface area contributed by atoms with Crippen molar-refractivity contribution in [2.75, 3.05) is 11.1 Å². The SMILES string of the molecule is CC(=O)c1sc(Nc2ccccc2)c(-c2nc(-c3cc4cc(Br)ccc4o3)cs2)c1N. The van der Waals surface area contributed by atoms with Gasteiger partial charge in [-0.25, -0.2) is 4.98 Å². The quantitative estimate of drug-likeness (QED) is 0.238. The minimum absolute atomic E-state index is 0.0653. The second-order valence-corrected chi connectivity index (χ2v) is 9.72. The summed E-state index contributed by atoms with van der Waals surface area (Å²) in [5.74, 6) is 0.623. The largest absolute Gasteiger partial charge is 0.454 e. The lowest BCUT2D eigenvalue weighted by molar-refractivity contribution is 0.102. The number of hydrogen-bond acceptors (Lipinski definition) is 7. The highest BCUT2D eigenvalue weighted by Crippen LogP contribution is 2.46. The number of rotatable bonds is 5. The van der Waals surface area contributed by atoms with Crippen molar-refractivity contribution >= 4 is 71.7 Å². The number of nitrogen functional groups attached to an aromatic ring is 1. The third-order valence-corrected chi connectivity index (χ3v) is 7.32. The van der Waals surface area contributed by atoms with Gasteiger partial charge in [-0.3, -0.25) is 4.79 Å². The maximum Gasteiger partial charge on any atom is 0.171 e. The predicted molar refractivity (Wildman–Crippen MR) is 132 cm³/mol. The topological polar surface area (TPSA) is 81.2 Å². The zero-order valence-corrected chi connectivity index (χ0v) is 19.5. The molecule has 0 aliphatic heterocycles. The van der Waals surface area contributed by atoms with Crippen molar-refractivity contribution in [1.29, 1.82) is 0 Å². The highest BCUT2D eigenvalue weighted by Gasteiger charge is 2.23. The lowest BCUT2D eigenvalue weighted by Crippen LogP contribution is -1.96. The van der Waals surface area contributed by atoms with Gasteiger partial charge in [0.25, 0.3) is 0 Å². The summed E-state index contributed by atoms with van der Waals surface area (Å²) >= 11 is 6.30. The van der Waals surface area contributed by atoms with Crippen LogP contribution >= 0.6 is 38.6 Å². The lowest BCUT2D eigenvalue weighted by atomic mass is 10.2. The van der Waals surface area contributed by atoms with Gasteiger partial charge in [0.2, 0.25) is 0 Å². The van der Waals surface area contributed by atoms with Gasteiger partial charge in [0, 0.05) is 27.9 Å². The molecule has 8 heteroatoms. The number of ketones is 1. The number of fused-ring (bicyclic) bond motifs is 1. The molecular formula is C23H16BrN3O2S2. The van der Waals surface area contributed by atoms with Crippen LogP contribution < -0.4 is 11.1 Å². The molecule has 31 heavy (non-hydrogen) atoms. The number of para-hydroxylation sites is 1.